The quantitative estimate of drug-likeness (QED) is 0.502. The van der Waals surface area contributed by atoms with Crippen molar-refractivity contribution in [1.82, 2.24) is 15.1 Å². The molecule has 26 heavy (non-hydrogen) atoms. The summed E-state index contributed by atoms with van der Waals surface area (Å²) in [4.78, 5) is 22.7. The summed E-state index contributed by atoms with van der Waals surface area (Å²) >= 11 is 0. The lowest BCUT2D eigenvalue weighted by molar-refractivity contribution is -0.384. The standard InChI is InChI=1S/C17H22N4O5/c1-4-20-11(3)15(10(2)19-20)17(24)18-14(9-22)16(23)12-5-7-13(8-6-12)21(25)26/h5-8,14,16,22-23H,4,9H2,1-3H3,(H,18,24). The maximum Gasteiger partial charge on any atom is 0.269 e. The average Bonchev–Trinajstić information content (AvgIpc) is 2.92. The number of rotatable bonds is 7. The molecule has 0 saturated carbocycles. The summed E-state index contributed by atoms with van der Waals surface area (Å²) in [6, 6.07) is 4.34. The number of non-ortho nitro benzene ring substituents is 1. The van der Waals surface area contributed by atoms with Gasteiger partial charge in [0.05, 0.1) is 28.8 Å². The zero-order valence-electron chi connectivity index (χ0n) is 14.8. The molecule has 9 nitrogen and oxygen atoms in total. The second-order valence-corrected chi connectivity index (χ2v) is 5.92. The van der Waals surface area contributed by atoms with E-state index in [0.717, 1.165) is 0 Å². The number of hydrogen-bond acceptors (Lipinski definition) is 6. The topological polar surface area (TPSA) is 131 Å². The van der Waals surface area contributed by atoms with Crippen molar-refractivity contribution < 1.29 is 19.9 Å². The first-order valence-corrected chi connectivity index (χ1v) is 8.18. The molecule has 1 aromatic heterocycles. The molecule has 9 heteroatoms. The highest BCUT2D eigenvalue weighted by molar-refractivity contribution is 5.96. The molecule has 1 aromatic carbocycles. The van der Waals surface area contributed by atoms with E-state index >= 15 is 0 Å². The Morgan fingerprint density at radius 2 is 1.96 bits per heavy atom. The van der Waals surface area contributed by atoms with E-state index in [4.69, 9.17) is 0 Å². The summed E-state index contributed by atoms with van der Waals surface area (Å²) < 4.78 is 1.70. The van der Waals surface area contributed by atoms with Crippen LogP contribution in [0.3, 0.4) is 0 Å². The first-order chi connectivity index (χ1) is 12.3. The zero-order chi connectivity index (χ0) is 19.4. The molecular formula is C17H22N4O5. The maximum absolute atomic E-state index is 12.6. The number of hydrogen-bond donors (Lipinski definition) is 3. The van der Waals surface area contributed by atoms with Gasteiger partial charge in [-0.3, -0.25) is 19.6 Å². The second-order valence-electron chi connectivity index (χ2n) is 5.92. The van der Waals surface area contributed by atoms with Crippen LogP contribution in [0.25, 0.3) is 0 Å². The number of amides is 1. The number of nitrogens with zero attached hydrogens (tertiary/aromatic N) is 3. The van der Waals surface area contributed by atoms with Crippen LogP contribution >= 0.6 is 0 Å². The van der Waals surface area contributed by atoms with E-state index < -0.39 is 29.6 Å². The summed E-state index contributed by atoms with van der Waals surface area (Å²) in [7, 11) is 0. The zero-order valence-corrected chi connectivity index (χ0v) is 14.8. The molecule has 0 aliphatic heterocycles. The summed E-state index contributed by atoms with van der Waals surface area (Å²) in [5.74, 6) is -0.445. The van der Waals surface area contributed by atoms with Gasteiger partial charge in [-0.15, -0.1) is 0 Å². The number of aryl methyl sites for hydroxylation is 2. The van der Waals surface area contributed by atoms with Crippen molar-refractivity contribution in [2.75, 3.05) is 6.61 Å². The van der Waals surface area contributed by atoms with Gasteiger partial charge < -0.3 is 15.5 Å². The molecule has 0 radical (unpaired) electrons. The van der Waals surface area contributed by atoms with Gasteiger partial charge in [-0.1, -0.05) is 0 Å². The molecule has 2 unspecified atom stereocenters. The minimum Gasteiger partial charge on any atom is -0.394 e. The first-order valence-electron chi connectivity index (χ1n) is 8.18. The number of aliphatic hydroxyl groups is 2. The Hall–Kier alpha value is -2.78. The van der Waals surface area contributed by atoms with Crippen molar-refractivity contribution in [3.63, 3.8) is 0 Å². The Balaban J connectivity index is 2.19. The fourth-order valence-electron chi connectivity index (χ4n) is 2.82. The number of nitro benzene ring substituents is 1. The molecule has 2 rings (SSSR count). The van der Waals surface area contributed by atoms with E-state index in [-0.39, 0.29) is 5.69 Å². The van der Waals surface area contributed by atoms with Gasteiger partial charge in [-0.2, -0.15) is 5.10 Å². The molecular weight excluding hydrogens is 340 g/mol. The van der Waals surface area contributed by atoms with Crippen molar-refractivity contribution >= 4 is 11.6 Å². The number of nitrogens with one attached hydrogen (secondary N) is 1. The van der Waals surface area contributed by atoms with Crippen LogP contribution in [0.15, 0.2) is 24.3 Å². The molecule has 1 amide bonds. The molecule has 0 saturated heterocycles. The van der Waals surface area contributed by atoms with Gasteiger partial charge in [0, 0.05) is 24.4 Å². The minimum atomic E-state index is -1.22. The van der Waals surface area contributed by atoms with E-state index in [2.05, 4.69) is 10.4 Å². The fourth-order valence-corrected chi connectivity index (χ4v) is 2.82. The number of carbonyl (C=O) groups excluding carboxylic acids is 1. The van der Waals surface area contributed by atoms with Crippen LogP contribution in [0.2, 0.25) is 0 Å². The Labute approximate surface area is 150 Å². The van der Waals surface area contributed by atoms with Crippen molar-refractivity contribution in [2.45, 2.75) is 39.5 Å². The van der Waals surface area contributed by atoms with Crippen LogP contribution in [-0.4, -0.2) is 43.5 Å². The van der Waals surface area contributed by atoms with E-state index in [0.29, 0.717) is 29.1 Å². The summed E-state index contributed by atoms with van der Waals surface area (Å²) in [5, 5.41) is 37.6. The van der Waals surface area contributed by atoms with Gasteiger partial charge in [-0.25, -0.2) is 0 Å². The lowest BCUT2D eigenvalue weighted by Gasteiger charge is -2.22. The largest absolute Gasteiger partial charge is 0.394 e. The molecule has 2 atom stereocenters. The van der Waals surface area contributed by atoms with Crippen LogP contribution < -0.4 is 5.32 Å². The van der Waals surface area contributed by atoms with Crippen LogP contribution in [0.4, 0.5) is 5.69 Å². The third kappa shape index (κ3) is 3.89. The van der Waals surface area contributed by atoms with Gasteiger partial charge in [0.1, 0.15) is 6.10 Å². The van der Waals surface area contributed by atoms with Crippen LogP contribution in [0.5, 0.6) is 0 Å². The number of nitro groups is 1. The third-order valence-electron chi connectivity index (χ3n) is 4.25. The van der Waals surface area contributed by atoms with Crippen LogP contribution in [-0.2, 0) is 6.54 Å². The maximum atomic E-state index is 12.6. The molecule has 3 N–H and O–H groups in total. The van der Waals surface area contributed by atoms with E-state index in [1.807, 2.05) is 6.92 Å². The number of benzene rings is 1. The van der Waals surface area contributed by atoms with Crippen LogP contribution in [0, 0.1) is 24.0 Å². The number of aromatic nitrogens is 2. The molecule has 0 aliphatic carbocycles. The highest BCUT2D eigenvalue weighted by Gasteiger charge is 2.26. The van der Waals surface area contributed by atoms with Crippen molar-refractivity contribution in [3.8, 4) is 0 Å². The van der Waals surface area contributed by atoms with Crippen molar-refractivity contribution in [1.29, 1.82) is 0 Å². The van der Waals surface area contributed by atoms with Gasteiger partial charge in [-0.05, 0) is 38.5 Å². The van der Waals surface area contributed by atoms with Crippen LogP contribution in [0.1, 0.15) is 40.3 Å². The summed E-state index contributed by atoms with van der Waals surface area (Å²) in [6.07, 6.45) is -1.22. The first kappa shape index (κ1) is 19.5. The lowest BCUT2D eigenvalue weighted by atomic mass is 10.0. The van der Waals surface area contributed by atoms with Crippen molar-refractivity contribution in [3.05, 3.63) is 56.9 Å². The smallest absolute Gasteiger partial charge is 0.269 e. The Kier molecular flexibility index (Phi) is 6.06. The molecule has 2 aromatic rings. The highest BCUT2D eigenvalue weighted by Crippen LogP contribution is 2.21. The predicted molar refractivity (Wildman–Crippen MR) is 93.8 cm³/mol. The van der Waals surface area contributed by atoms with Crippen molar-refractivity contribution in [2.24, 2.45) is 0 Å². The average molecular weight is 362 g/mol. The van der Waals surface area contributed by atoms with Gasteiger partial charge in [0.15, 0.2) is 0 Å². The highest BCUT2D eigenvalue weighted by atomic mass is 16.6. The second kappa shape index (κ2) is 8.07. The van der Waals surface area contributed by atoms with E-state index in [9.17, 15) is 25.1 Å². The Morgan fingerprint density at radius 3 is 2.42 bits per heavy atom. The molecule has 0 fully saturated rings. The lowest BCUT2D eigenvalue weighted by Crippen LogP contribution is -2.42. The Morgan fingerprint density at radius 1 is 1.35 bits per heavy atom. The summed E-state index contributed by atoms with van der Waals surface area (Å²) in [6.45, 7) is 5.53. The minimum absolute atomic E-state index is 0.108. The molecule has 0 bridgehead atoms. The Bertz CT molecular complexity index is 800. The molecule has 1 heterocycles. The molecule has 0 aliphatic rings. The van der Waals surface area contributed by atoms with Gasteiger partial charge >= 0.3 is 0 Å². The normalized spacial score (nSPS) is 13.3. The van der Waals surface area contributed by atoms with Gasteiger partial charge in [0.2, 0.25) is 0 Å². The van der Waals surface area contributed by atoms with E-state index in [1.165, 1.54) is 24.3 Å². The number of aliphatic hydroxyl groups excluding tert-OH is 2. The monoisotopic (exact) mass is 362 g/mol. The molecule has 0 spiro atoms. The van der Waals surface area contributed by atoms with E-state index in [1.54, 1.807) is 18.5 Å². The SMILES string of the molecule is CCn1nc(C)c(C(=O)NC(CO)C(O)c2ccc([N+](=O)[O-])cc2)c1C. The molecule has 140 valence electrons. The fraction of sp³-hybridized carbons (Fsp3) is 0.412. The van der Waals surface area contributed by atoms with Gasteiger partial charge in [0.25, 0.3) is 11.6 Å². The third-order valence-corrected chi connectivity index (χ3v) is 4.25. The number of carbonyl (C=O) groups is 1. The predicted octanol–water partition coefficient (Wildman–Crippen LogP) is 1.25. The summed E-state index contributed by atoms with van der Waals surface area (Å²) in [5.41, 5.74) is 1.91.